The first-order valence-electron chi connectivity index (χ1n) is 3.23. The molecule has 1 rings (SSSR count). The van der Waals surface area contributed by atoms with Crippen LogP contribution in [0.5, 0.6) is 0 Å². The van der Waals surface area contributed by atoms with Gasteiger partial charge >= 0.3 is 0 Å². The van der Waals surface area contributed by atoms with Gasteiger partial charge in [-0.1, -0.05) is 0 Å². The van der Waals surface area contributed by atoms with Crippen LogP contribution in [0.15, 0.2) is 11.8 Å². The third-order valence-electron chi connectivity index (χ3n) is 1.32. The fourth-order valence-electron chi connectivity index (χ4n) is 0.939. The third-order valence-corrected chi connectivity index (χ3v) is 1.32. The minimum atomic E-state index is -0.184. The second-order valence-electron chi connectivity index (χ2n) is 2.37. The molecule has 0 spiro atoms. The first-order valence-corrected chi connectivity index (χ1v) is 3.23. The van der Waals surface area contributed by atoms with Crippen molar-refractivity contribution in [2.24, 2.45) is 0 Å². The first-order chi connectivity index (χ1) is 4.72. The second kappa shape index (κ2) is 2.84. The van der Waals surface area contributed by atoms with E-state index in [1.807, 2.05) is 0 Å². The Hall–Kier alpha value is -0.830. The van der Waals surface area contributed by atoms with Crippen molar-refractivity contribution in [3.05, 3.63) is 11.8 Å². The Kier molecular flexibility index (Phi) is 2.06. The molecule has 0 aromatic carbocycles. The smallest absolute Gasteiger partial charge is 0.162 e. The molecule has 1 atom stereocenters. The summed E-state index contributed by atoms with van der Waals surface area (Å²) in [6.45, 7) is 1.62. The number of aliphatic hydroxyl groups excluding tert-OH is 1. The van der Waals surface area contributed by atoms with Gasteiger partial charge in [0.1, 0.15) is 18.5 Å². The van der Waals surface area contributed by atoms with Gasteiger partial charge in [0.15, 0.2) is 5.78 Å². The summed E-state index contributed by atoms with van der Waals surface area (Å²) < 4.78 is 5.10. The van der Waals surface area contributed by atoms with Gasteiger partial charge < -0.3 is 9.84 Å². The zero-order valence-electron chi connectivity index (χ0n) is 5.83. The Morgan fingerprint density at radius 2 is 2.60 bits per heavy atom. The van der Waals surface area contributed by atoms with Crippen LogP contribution in [-0.2, 0) is 9.53 Å². The van der Waals surface area contributed by atoms with Crippen LogP contribution in [0.4, 0.5) is 0 Å². The minimum absolute atomic E-state index is 0.0304. The number of aliphatic hydroxyl groups is 1. The summed E-state index contributed by atoms with van der Waals surface area (Å²) >= 11 is 0. The quantitative estimate of drug-likeness (QED) is 0.570. The van der Waals surface area contributed by atoms with E-state index in [0.717, 1.165) is 0 Å². The van der Waals surface area contributed by atoms with E-state index < -0.39 is 0 Å². The molecule has 0 saturated carbocycles. The highest BCUT2D eigenvalue weighted by atomic mass is 16.5. The maximum absolute atomic E-state index is 10.8. The van der Waals surface area contributed by atoms with Crippen molar-refractivity contribution in [3.63, 3.8) is 0 Å². The molecule has 0 amide bonds. The van der Waals surface area contributed by atoms with E-state index in [9.17, 15) is 4.79 Å². The Labute approximate surface area is 59.3 Å². The van der Waals surface area contributed by atoms with Gasteiger partial charge in [-0.25, -0.2) is 0 Å². The minimum Gasteiger partial charge on any atom is -0.492 e. The first kappa shape index (κ1) is 7.28. The summed E-state index contributed by atoms with van der Waals surface area (Å²) in [6.07, 6.45) is 1.68. The van der Waals surface area contributed by atoms with Gasteiger partial charge in [-0.2, -0.15) is 0 Å². The van der Waals surface area contributed by atoms with Gasteiger partial charge in [0, 0.05) is 12.5 Å². The van der Waals surface area contributed by atoms with Crippen molar-refractivity contribution in [3.8, 4) is 0 Å². The van der Waals surface area contributed by atoms with Gasteiger partial charge in [-0.15, -0.1) is 0 Å². The molecule has 10 heavy (non-hydrogen) atoms. The van der Waals surface area contributed by atoms with Crippen molar-refractivity contribution in [1.82, 2.24) is 0 Å². The van der Waals surface area contributed by atoms with Crippen LogP contribution in [-0.4, -0.2) is 23.6 Å². The summed E-state index contributed by atoms with van der Waals surface area (Å²) in [5, 5.41) is 8.58. The Morgan fingerprint density at radius 3 is 3.10 bits per heavy atom. The summed E-state index contributed by atoms with van der Waals surface area (Å²) in [5.41, 5.74) is 0. The predicted octanol–water partition coefficient (Wildman–Crippen LogP) is 0.240. The van der Waals surface area contributed by atoms with Crippen molar-refractivity contribution in [1.29, 1.82) is 0 Å². The molecule has 0 unspecified atom stereocenters. The van der Waals surface area contributed by atoms with Crippen LogP contribution >= 0.6 is 0 Å². The van der Waals surface area contributed by atoms with E-state index in [0.29, 0.717) is 12.2 Å². The number of carbonyl (C=O) groups excluding carboxylic acids is 1. The molecule has 1 aliphatic heterocycles. The van der Waals surface area contributed by atoms with E-state index in [2.05, 4.69) is 0 Å². The fraction of sp³-hybridized carbons (Fsp3) is 0.571. The number of allylic oxidation sites excluding steroid dienone is 1. The topological polar surface area (TPSA) is 46.5 Å². The van der Waals surface area contributed by atoms with Gasteiger partial charge in [-0.05, 0) is 6.92 Å². The number of carbonyl (C=O) groups is 1. The SMILES string of the molecule is C[C@H]1CC(=O)C=C(CO)O1. The molecule has 1 N–H and O–H groups in total. The molecule has 3 nitrogen and oxygen atoms in total. The molecule has 0 fully saturated rings. The number of rotatable bonds is 1. The number of hydrogen-bond donors (Lipinski definition) is 1. The highest BCUT2D eigenvalue weighted by Crippen LogP contribution is 2.12. The van der Waals surface area contributed by atoms with Crippen molar-refractivity contribution < 1.29 is 14.6 Å². The zero-order chi connectivity index (χ0) is 7.56. The van der Waals surface area contributed by atoms with Crippen LogP contribution in [0, 0.1) is 0 Å². The van der Waals surface area contributed by atoms with Gasteiger partial charge in [-0.3, -0.25) is 4.79 Å². The fourth-order valence-corrected chi connectivity index (χ4v) is 0.939. The molecular weight excluding hydrogens is 132 g/mol. The normalized spacial score (nSPS) is 25.6. The molecule has 0 aromatic heterocycles. The van der Waals surface area contributed by atoms with E-state index in [1.165, 1.54) is 6.08 Å². The average molecular weight is 142 g/mol. The van der Waals surface area contributed by atoms with Gasteiger partial charge in [0.05, 0.1) is 0 Å². The number of ketones is 1. The summed E-state index contributed by atoms with van der Waals surface area (Å²) in [6, 6.07) is 0. The molecule has 3 heteroatoms. The van der Waals surface area contributed by atoms with E-state index in [1.54, 1.807) is 6.92 Å². The predicted molar refractivity (Wildman–Crippen MR) is 35.3 cm³/mol. The molecule has 0 saturated heterocycles. The average Bonchev–Trinajstić information content (AvgIpc) is 1.85. The van der Waals surface area contributed by atoms with E-state index in [-0.39, 0.29) is 18.5 Å². The molecule has 0 aromatic rings. The lowest BCUT2D eigenvalue weighted by Gasteiger charge is -2.18. The summed E-state index contributed by atoms with van der Waals surface area (Å²) in [4.78, 5) is 10.8. The Morgan fingerprint density at radius 1 is 1.90 bits per heavy atom. The molecule has 0 aliphatic carbocycles. The molecule has 0 radical (unpaired) electrons. The van der Waals surface area contributed by atoms with Crippen LogP contribution in [0.3, 0.4) is 0 Å². The summed E-state index contributed by atoms with van der Waals surface area (Å²) in [5.74, 6) is 0.409. The highest BCUT2D eigenvalue weighted by Gasteiger charge is 2.16. The monoisotopic (exact) mass is 142 g/mol. The molecule has 56 valence electrons. The second-order valence-corrected chi connectivity index (χ2v) is 2.37. The lowest BCUT2D eigenvalue weighted by atomic mass is 10.1. The van der Waals surface area contributed by atoms with Crippen molar-refractivity contribution >= 4 is 5.78 Å². The lowest BCUT2D eigenvalue weighted by molar-refractivity contribution is -0.118. The largest absolute Gasteiger partial charge is 0.492 e. The maximum Gasteiger partial charge on any atom is 0.162 e. The van der Waals surface area contributed by atoms with E-state index >= 15 is 0 Å². The highest BCUT2D eigenvalue weighted by molar-refractivity contribution is 5.91. The van der Waals surface area contributed by atoms with Crippen LogP contribution in [0.2, 0.25) is 0 Å². The number of ether oxygens (including phenoxy) is 1. The Balaban J connectivity index is 2.65. The zero-order valence-corrected chi connectivity index (χ0v) is 5.83. The van der Waals surface area contributed by atoms with Crippen LogP contribution in [0.25, 0.3) is 0 Å². The van der Waals surface area contributed by atoms with Crippen molar-refractivity contribution in [2.45, 2.75) is 19.4 Å². The molecule has 1 aliphatic rings. The molecule has 1 heterocycles. The Bertz CT molecular complexity index is 172. The third kappa shape index (κ3) is 1.57. The lowest BCUT2D eigenvalue weighted by Crippen LogP contribution is -2.20. The molecular formula is C7H10O3. The number of hydrogen-bond acceptors (Lipinski definition) is 3. The van der Waals surface area contributed by atoms with Gasteiger partial charge in [0.25, 0.3) is 0 Å². The van der Waals surface area contributed by atoms with Crippen molar-refractivity contribution in [2.75, 3.05) is 6.61 Å². The van der Waals surface area contributed by atoms with Gasteiger partial charge in [0.2, 0.25) is 0 Å². The summed E-state index contributed by atoms with van der Waals surface area (Å²) in [7, 11) is 0. The van der Waals surface area contributed by atoms with E-state index in [4.69, 9.17) is 9.84 Å². The van der Waals surface area contributed by atoms with Crippen LogP contribution in [0.1, 0.15) is 13.3 Å². The van der Waals surface area contributed by atoms with Crippen LogP contribution < -0.4 is 0 Å². The molecule has 0 bridgehead atoms. The maximum atomic E-state index is 10.8. The standard InChI is InChI=1S/C7H10O3/c1-5-2-6(9)3-7(4-8)10-5/h3,5,8H,2,4H2,1H3/t5-/m0/s1.